The van der Waals surface area contributed by atoms with E-state index in [0.717, 1.165) is 58.3 Å². The molecule has 0 saturated heterocycles. The Hall–Kier alpha value is -3.23. The van der Waals surface area contributed by atoms with Gasteiger partial charge in [-0.2, -0.15) is 0 Å². The highest BCUT2D eigenvalue weighted by atomic mass is 16.5. The summed E-state index contributed by atoms with van der Waals surface area (Å²) in [5.74, 6) is -0.365. The Morgan fingerprint density at radius 2 is 1.48 bits per heavy atom. The first-order valence-electron chi connectivity index (χ1n) is 15.1. The second-order valence-electron chi connectivity index (χ2n) is 10.8. The number of aromatic carboxylic acids is 1. The molecule has 0 amide bonds. The molecule has 7 nitrogen and oxygen atoms in total. The Bertz CT molecular complexity index is 1130. The molecule has 230 valence electrons. The Morgan fingerprint density at radius 3 is 2.12 bits per heavy atom. The van der Waals surface area contributed by atoms with E-state index in [9.17, 15) is 20.1 Å². The van der Waals surface area contributed by atoms with Crippen LogP contribution in [0.5, 0.6) is 5.75 Å². The van der Waals surface area contributed by atoms with Crippen molar-refractivity contribution < 1.29 is 30.0 Å². The smallest absolute Gasteiger partial charge is 0.335 e. The van der Waals surface area contributed by atoms with Gasteiger partial charge in [0.1, 0.15) is 5.75 Å². The van der Waals surface area contributed by atoms with Crippen LogP contribution in [-0.2, 0) is 17.8 Å². The van der Waals surface area contributed by atoms with E-state index in [1.54, 1.807) is 24.3 Å². The molecule has 42 heavy (non-hydrogen) atoms. The van der Waals surface area contributed by atoms with Crippen molar-refractivity contribution in [3.8, 4) is 5.75 Å². The summed E-state index contributed by atoms with van der Waals surface area (Å²) < 4.78 is 5.72. The van der Waals surface area contributed by atoms with Crippen molar-refractivity contribution in [1.29, 1.82) is 0 Å². The third kappa shape index (κ3) is 14.1. The summed E-state index contributed by atoms with van der Waals surface area (Å²) in [6, 6.07) is 22.4. The van der Waals surface area contributed by atoms with E-state index in [2.05, 4.69) is 49.5 Å². The van der Waals surface area contributed by atoms with Crippen LogP contribution in [0.4, 0.5) is 0 Å². The maximum Gasteiger partial charge on any atom is 0.335 e. The van der Waals surface area contributed by atoms with E-state index < -0.39 is 12.1 Å². The van der Waals surface area contributed by atoms with E-state index in [1.165, 1.54) is 23.6 Å². The number of aliphatic hydroxyl groups excluding tert-OH is 2. The van der Waals surface area contributed by atoms with E-state index in [1.807, 2.05) is 12.1 Å². The lowest BCUT2D eigenvalue weighted by molar-refractivity contribution is 0.0696. The SMILES string of the molecule is CC(C)c1ccc(C(=O)O)cc1.OCc1cc(C(O)CNCCCCCCOCCCCc2ccccc2)ccc1O. The molecule has 3 rings (SSSR count). The molecule has 0 aliphatic rings. The van der Waals surface area contributed by atoms with E-state index in [-0.39, 0.29) is 12.4 Å². The van der Waals surface area contributed by atoms with E-state index in [0.29, 0.717) is 29.2 Å². The molecule has 1 atom stereocenters. The van der Waals surface area contributed by atoms with Crippen LogP contribution >= 0.6 is 0 Å². The normalized spacial score (nSPS) is 11.6. The number of hydrogen-bond acceptors (Lipinski definition) is 6. The van der Waals surface area contributed by atoms with E-state index in [4.69, 9.17) is 9.84 Å². The molecule has 0 bridgehead atoms. The summed E-state index contributed by atoms with van der Waals surface area (Å²) in [5, 5.41) is 40.9. The average Bonchev–Trinajstić information content (AvgIpc) is 3.00. The largest absolute Gasteiger partial charge is 0.508 e. The molecule has 0 heterocycles. The average molecular weight is 580 g/mol. The number of nitrogens with one attached hydrogen (secondary N) is 1. The number of carboxylic acid groups (broad SMARTS) is 1. The number of unbranched alkanes of at least 4 members (excludes halogenated alkanes) is 4. The lowest BCUT2D eigenvalue weighted by atomic mass is 10.0. The third-order valence-corrected chi connectivity index (χ3v) is 7.06. The zero-order chi connectivity index (χ0) is 30.6. The van der Waals surface area contributed by atoms with Gasteiger partial charge in [-0.15, -0.1) is 0 Å². The monoisotopic (exact) mass is 579 g/mol. The van der Waals surface area contributed by atoms with Crippen molar-refractivity contribution in [3.63, 3.8) is 0 Å². The number of ether oxygens (including phenoxy) is 1. The van der Waals surface area contributed by atoms with Crippen LogP contribution in [0.2, 0.25) is 0 Å². The molecule has 7 heteroatoms. The van der Waals surface area contributed by atoms with Gasteiger partial charge in [0, 0.05) is 25.3 Å². The summed E-state index contributed by atoms with van der Waals surface area (Å²) in [7, 11) is 0. The Labute approximate surface area is 251 Å². The minimum atomic E-state index is -0.870. The number of rotatable bonds is 18. The molecule has 5 N–H and O–H groups in total. The van der Waals surface area contributed by atoms with Gasteiger partial charge in [0.05, 0.1) is 18.3 Å². The zero-order valence-corrected chi connectivity index (χ0v) is 25.2. The van der Waals surface area contributed by atoms with Gasteiger partial charge in [-0.05, 0) is 85.5 Å². The first-order chi connectivity index (χ1) is 20.3. The number of carbonyl (C=O) groups is 1. The Morgan fingerprint density at radius 1 is 0.833 bits per heavy atom. The maximum absolute atomic E-state index is 10.5. The highest BCUT2D eigenvalue weighted by Gasteiger charge is 2.10. The standard InChI is InChI=1S/C25H37NO4.C10H12O2/c27-20-23-18-22(13-14-24(23)28)25(29)19-26-15-7-1-2-8-16-30-17-9-6-12-21-10-4-3-5-11-21;1-7(2)8-3-5-9(6-4-8)10(11)12/h3-5,10-11,13-14,18,25-29H,1-2,6-9,12,15-17,19-20H2;3-7H,1-2H3,(H,11,12). The zero-order valence-electron chi connectivity index (χ0n) is 25.2. The maximum atomic E-state index is 10.5. The molecular weight excluding hydrogens is 530 g/mol. The number of carboxylic acids is 1. The molecule has 0 saturated carbocycles. The molecule has 3 aromatic carbocycles. The van der Waals surface area contributed by atoms with Gasteiger partial charge in [0.2, 0.25) is 0 Å². The fourth-order valence-corrected chi connectivity index (χ4v) is 4.39. The molecule has 0 spiro atoms. The van der Waals surface area contributed by atoms with Crippen LogP contribution in [0.1, 0.15) is 97.0 Å². The summed E-state index contributed by atoms with van der Waals surface area (Å²) in [4.78, 5) is 10.5. The van der Waals surface area contributed by atoms with Crippen LogP contribution in [0, 0.1) is 0 Å². The minimum Gasteiger partial charge on any atom is -0.508 e. The summed E-state index contributed by atoms with van der Waals surface area (Å²) in [5.41, 5.74) is 4.05. The van der Waals surface area contributed by atoms with Gasteiger partial charge in [0.25, 0.3) is 0 Å². The number of aromatic hydroxyl groups is 1. The van der Waals surface area contributed by atoms with Gasteiger partial charge >= 0.3 is 5.97 Å². The first kappa shape index (κ1) is 35.0. The fraction of sp³-hybridized carbons (Fsp3) is 0.457. The summed E-state index contributed by atoms with van der Waals surface area (Å²) in [6.07, 6.45) is 7.24. The van der Waals surface area contributed by atoms with Gasteiger partial charge in [-0.3, -0.25) is 0 Å². The van der Waals surface area contributed by atoms with Crippen LogP contribution in [0.3, 0.4) is 0 Å². The number of benzene rings is 3. The van der Waals surface area contributed by atoms with Crippen molar-refractivity contribution in [2.75, 3.05) is 26.3 Å². The minimum absolute atomic E-state index is 0.0533. The molecule has 0 aliphatic heterocycles. The highest BCUT2D eigenvalue weighted by molar-refractivity contribution is 5.87. The van der Waals surface area contributed by atoms with Crippen molar-refractivity contribution >= 4 is 5.97 Å². The van der Waals surface area contributed by atoms with E-state index >= 15 is 0 Å². The van der Waals surface area contributed by atoms with Crippen molar-refractivity contribution in [1.82, 2.24) is 5.32 Å². The summed E-state index contributed by atoms with van der Waals surface area (Å²) in [6.45, 7) is 6.93. The Balaban J connectivity index is 0.000000428. The second-order valence-corrected chi connectivity index (χ2v) is 10.8. The van der Waals surface area contributed by atoms with Crippen molar-refractivity contribution in [3.05, 3.63) is 101 Å². The predicted molar refractivity (Wildman–Crippen MR) is 168 cm³/mol. The first-order valence-corrected chi connectivity index (χ1v) is 15.1. The van der Waals surface area contributed by atoms with Crippen molar-refractivity contribution in [2.45, 2.75) is 77.4 Å². The van der Waals surface area contributed by atoms with Gasteiger partial charge in [-0.1, -0.05) is 75.2 Å². The van der Waals surface area contributed by atoms with Crippen LogP contribution in [0.15, 0.2) is 72.8 Å². The van der Waals surface area contributed by atoms with Crippen LogP contribution in [0.25, 0.3) is 0 Å². The molecule has 3 aromatic rings. The topological polar surface area (TPSA) is 119 Å². The highest BCUT2D eigenvalue weighted by Crippen LogP contribution is 2.22. The second kappa shape index (κ2) is 20.6. The van der Waals surface area contributed by atoms with Crippen LogP contribution < -0.4 is 5.32 Å². The lowest BCUT2D eigenvalue weighted by Crippen LogP contribution is -2.22. The van der Waals surface area contributed by atoms with Gasteiger partial charge < -0.3 is 30.5 Å². The number of hydrogen-bond donors (Lipinski definition) is 5. The third-order valence-electron chi connectivity index (χ3n) is 7.06. The van der Waals surface area contributed by atoms with Gasteiger partial charge in [-0.25, -0.2) is 4.79 Å². The Kier molecular flexibility index (Phi) is 17.2. The van der Waals surface area contributed by atoms with Crippen molar-refractivity contribution in [2.24, 2.45) is 0 Å². The molecular formula is C35H49NO6. The molecule has 1 unspecified atom stereocenters. The fourth-order valence-electron chi connectivity index (χ4n) is 4.39. The van der Waals surface area contributed by atoms with Gasteiger partial charge in [0.15, 0.2) is 0 Å². The lowest BCUT2D eigenvalue weighted by Gasteiger charge is -2.14. The molecule has 0 aliphatic carbocycles. The van der Waals surface area contributed by atoms with Crippen LogP contribution in [-0.4, -0.2) is 52.7 Å². The quantitative estimate of drug-likeness (QED) is 0.108. The predicted octanol–water partition coefficient (Wildman–Crippen LogP) is 6.62. The molecule has 0 aromatic heterocycles. The molecule has 0 fully saturated rings. The number of phenols is 1. The number of aryl methyl sites for hydroxylation is 1. The molecule has 0 radical (unpaired) electrons. The number of aliphatic hydroxyl groups is 2. The summed E-state index contributed by atoms with van der Waals surface area (Å²) >= 11 is 0.